The van der Waals surface area contributed by atoms with E-state index in [9.17, 15) is 4.79 Å². The van der Waals surface area contributed by atoms with Crippen molar-refractivity contribution in [3.05, 3.63) is 99.4 Å². The number of nitrogens with one attached hydrogen (secondary N) is 2. The molecule has 3 aromatic carbocycles. The number of amides is 1. The van der Waals surface area contributed by atoms with Gasteiger partial charge in [0.25, 0.3) is 5.91 Å². The Labute approximate surface area is 241 Å². The molecule has 40 heavy (non-hydrogen) atoms. The smallest absolute Gasteiger partial charge is 0.255 e. The number of anilines is 2. The number of nitrogens with zero attached hydrogens (tertiary/aromatic N) is 3. The van der Waals surface area contributed by atoms with Crippen molar-refractivity contribution in [1.29, 1.82) is 0 Å². The minimum atomic E-state index is -0.573. The van der Waals surface area contributed by atoms with Crippen molar-refractivity contribution in [2.45, 2.75) is 26.5 Å². The Kier molecular flexibility index (Phi) is 8.14. The van der Waals surface area contributed by atoms with E-state index in [2.05, 4.69) is 20.7 Å². The second-order valence-electron chi connectivity index (χ2n) is 8.94. The van der Waals surface area contributed by atoms with Gasteiger partial charge in [-0.1, -0.05) is 35.3 Å². The third-order valence-electron chi connectivity index (χ3n) is 6.37. The first-order chi connectivity index (χ1) is 19.4. The lowest BCUT2D eigenvalue weighted by atomic mass is 9.94. The van der Waals surface area contributed by atoms with E-state index in [-0.39, 0.29) is 12.5 Å². The van der Waals surface area contributed by atoms with E-state index in [1.54, 1.807) is 48.2 Å². The molecule has 1 aromatic heterocycles. The normalized spacial score (nSPS) is 14.3. The number of halogens is 2. The van der Waals surface area contributed by atoms with Gasteiger partial charge in [0, 0.05) is 27.0 Å². The van der Waals surface area contributed by atoms with E-state index in [1.807, 2.05) is 38.1 Å². The van der Waals surface area contributed by atoms with Crippen LogP contribution in [0.4, 0.5) is 11.6 Å². The van der Waals surface area contributed by atoms with Crippen LogP contribution in [0.5, 0.6) is 17.2 Å². The number of carbonyl (C=O) groups excluding carboxylic acids is 1. The summed E-state index contributed by atoms with van der Waals surface area (Å²) < 4.78 is 18.9. The van der Waals surface area contributed by atoms with Crippen molar-refractivity contribution >= 4 is 40.7 Å². The SMILES string of the molecule is CCOc1cc([C@@H]2C(C(=O)Nc3ccc(OC)cc3)=C(C)Nc3ncnn32)ccc1OCc1ccc(Cl)cc1Cl. The summed E-state index contributed by atoms with van der Waals surface area (Å²) >= 11 is 12.3. The third kappa shape index (κ3) is 5.71. The molecule has 206 valence electrons. The van der Waals surface area contributed by atoms with Crippen molar-refractivity contribution < 1.29 is 19.0 Å². The molecule has 0 fully saturated rings. The van der Waals surface area contributed by atoms with E-state index < -0.39 is 6.04 Å². The molecule has 9 nitrogen and oxygen atoms in total. The number of ether oxygens (including phenoxy) is 3. The Hall–Kier alpha value is -4.21. The van der Waals surface area contributed by atoms with Crippen LogP contribution in [0.3, 0.4) is 0 Å². The highest BCUT2D eigenvalue weighted by molar-refractivity contribution is 6.35. The van der Waals surface area contributed by atoms with Crippen molar-refractivity contribution in [2.75, 3.05) is 24.4 Å². The lowest BCUT2D eigenvalue weighted by molar-refractivity contribution is -0.113. The summed E-state index contributed by atoms with van der Waals surface area (Å²) in [6.07, 6.45) is 1.45. The van der Waals surface area contributed by atoms with Gasteiger partial charge in [0.2, 0.25) is 5.95 Å². The molecule has 0 bridgehead atoms. The van der Waals surface area contributed by atoms with Crippen molar-refractivity contribution in [3.63, 3.8) is 0 Å². The summed E-state index contributed by atoms with van der Waals surface area (Å²) in [5.41, 5.74) is 3.34. The van der Waals surface area contributed by atoms with Crippen LogP contribution < -0.4 is 24.8 Å². The second kappa shape index (κ2) is 11.9. The van der Waals surface area contributed by atoms with Gasteiger partial charge in [-0.2, -0.15) is 10.1 Å². The highest BCUT2D eigenvalue weighted by Gasteiger charge is 2.34. The highest BCUT2D eigenvalue weighted by atomic mass is 35.5. The van der Waals surface area contributed by atoms with Crippen LogP contribution in [0.1, 0.15) is 31.0 Å². The lowest BCUT2D eigenvalue weighted by Crippen LogP contribution is -2.31. The molecule has 0 saturated carbocycles. The van der Waals surface area contributed by atoms with Gasteiger partial charge >= 0.3 is 0 Å². The number of allylic oxidation sites excluding steroid dienone is 1. The molecule has 0 saturated heterocycles. The maximum atomic E-state index is 13.7. The molecule has 0 aliphatic carbocycles. The van der Waals surface area contributed by atoms with E-state index in [1.165, 1.54) is 6.33 Å². The average Bonchev–Trinajstić information content (AvgIpc) is 3.41. The van der Waals surface area contributed by atoms with Gasteiger partial charge in [-0.25, -0.2) is 4.68 Å². The van der Waals surface area contributed by atoms with E-state index >= 15 is 0 Å². The number of fused-ring (bicyclic) bond motifs is 1. The van der Waals surface area contributed by atoms with Gasteiger partial charge in [-0.3, -0.25) is 4.79 Å². The van der Waals surface area contributed by atoms with Crippen LogP contribution in [0.2, 0.25) is 10.0 Å². The quantitative estimate of drug-likeness (QED) is 0.233. The molecule has 1 aliphatic rings. The molecule has 0 radical (unpaired) electrons. The van der Waals surface area contributed by atoms with Gasteiger partial charge in [0.1, 0.15) is 24.7 Å². The Morgan fingerprint density at radius 3 is 2.58 bits per heavy atom. The summed E-state index contributed by atoms with van der Waals surface area (Å²) in [6.45, 7) is 4.38. The standard InChI is InChI=1S/C29H27Cl2N5O4/c1-4-39-25-13-18(6-12-24(25)40-15-19-5-7-20(30)14-23(19)31)27-26(17(2)34-29-32-16-33-36(27)29)28(37)35-21-8-10-22(38-3)11-9-21/h5-14,16,27H,4,15H2,1-3H3,(H,35,37)(H,32,33,34)/t27-/m1/s1. The van der Waals surface area contributed by atoms with Crippen molar-refractivity contribution in [3.8, 4) is 17.2 Å². The summed E-state index contributed by atoms with van der Waals surface area (Å²) in [6, 6.07) is 17.4. The molecule has 2 heterocycles. The number of aromatic nitrogens is 3. The first-order valence-corrected chi connectivity index (χ1v) is 13.3. The molecule has 2 N–H and O–H groups in total. The molecular formula is C29H27Cl2N5O4. The number of methoxy groups -OCH3 is 1. The largest absolute Gasteiger partial charge is 0.497 e. The first-order valence-electron chi connectivity index (χ1n) is 12.5. The van der Waals surface area contributed by atoms with E-state index in [4.69, 9.17) is 37.4 Å². The molecule has 0 spiro atoms. The fraction of sp³-hybridized carbons (Fsp3) is 0.207. The monoisotopic (exact) mass is 579 g/mol. The number of hydrogen-bond acceptors (Lipinski definition) is 7. The van der Waals surface area contributed by atoms with Crippen LogP contribution >= 0.6 is 23.2 Å². The minimum Gasteiger partial charge on any atom is -0.497 e. The Balaban J connectivity index is 1.47. The summed E-state index contributed by atoms with van der Waals surface area (Å²) in [5.74, 6) is 2.00. The maximum Gasteiger partial charge on any atom is 0.255 e. The van der Waals surface area contributed by atoms with E-state index in [0.717, 1.165) is 11.1 Å². The van der Waals surface area contributed by atoms with Gasteiger partial charge < -0.3 is 24.8 Å². The fourth-order valence-corrected chi connectivity index (χ4v) is 4.91. The maximum absolute atomic E-state index is 13.7. The van der Waals surface area contributed by atoms with E-state index in [0.29, 0.717) is 56.8 Å². The molecule has 1 atom stereocenters. The fourth-order valence-electron chi connectivity index (χ4n) is 4.44. The second-order valence-corrected chi connectivity index (χ2v) is 9.78. The predicted molar refractivity (Wildman–Crippen MR) is 155 cm³/mol. The summed E-state index contributed by atoms with van der Waals surface area (Å²) in [5, 5.41) is 11.7. The molecule has 4 aromatic rings. The minimum absolute atomic E-state index is 0.227. The van der Waals surface area contributed by atoms with Gasteiger partial charge in [-0.05, 0) is 67.9 Å². The van der Waals surface area contributed by atoms with Crippen molar-refractivity contribution in [2.24, 2.45) is 0 Å². The zero-order chi connectivity index (χ0) is 28.2. The van der Waals surface area contributed by atoms with Gasteiger partial charge in [0.05, 0.1) is 19.3 Å². The Morgan fingerprint density at radius 2 is 1.85 bits per heavy atom. The van der Waals surface area contributed by atoms with Crippen LogP contribution in [-0.2, 0) is 11.4 Å². The molecule has 11 heteroatoms. The van der Waals surface area contributed by atoms with Gasteiger partial charge in [0.15, 0.2) is 11.5 Å². The van der Waals surface area contributed by atoms with Gasteiger partial charge in [-0.15, -0.1) is 0 Å². The lowest BCUT2D eigenvalue weighted by Gasteiger charge is -2.29. The highest BCUT2D eigenvalue weighted by Crippen LogP contribution is 2.39. The third-order valence-corrected chi connectivity index (χ3v) is 6.96. The van der Waals surface area contributed by atoms with Crippen LogP contribution in [0.15, 0.2) is 78.3 Å². The van der Waals surface area contributed by atoms with Crippen LogP contribution in [0.25, 0.3) is 0 Å². The summed E-state index contributed by atoms with van der Waals surface area (Å²) in [7, 11) is 1.59. The number of hydrogen-bond donors (Lipinski definition) is 2. The van der Waals surface area contributed by atoms with Crippen molar-refractivity contribution in [1.82, 2.24) is 14.8 Å². The Bertz CT molecular complexity index is 1570. The number of benzene rings is 3. The first kappa shape index (κ1) is 27.4. The Morgan fingerprint density at radius 1 is 1.05 bits per heavy atom. The zero-order valence-electron chi connectivity index (χ0n) is 22.1. The summed E-state index contributed by atoms with van der Waals surface area (Å²) in [4.78, 5) is 18.0. The topological polar surface area (TPSA) is 99.5 Å². The van der Waals surface area contributed by atoms with Crippen LogP contribution in [-0.4, -0.2) is 34.4 Å². The molecule has 0 unspecified atom stereocenters. The zero-order valence-corrected chi connectivity index (χ0v) is 23.6. The molecule has 1 aliphatic heterocycles. The molecular weight excluding hydrogens is 553 g/mol. The number of rotatable bonds is 9. The van der Waals surface area contributed by atoms with Crippen LogP contribution in [0, 0.1) is 0 Å². The number of carbonyl (C=O) groups is 1. The molecule has 1 amide bonds. The average molecular weight is 580 g/mol. The molecule has 5 rings (SSSR count). The predicted octanol–water partition coefficient (Wildman–Crippen LogP) is 6.50.